The predicted octanol–water partition coefficient (Wildman–Crippen LogP) is 3.50. The third-order valence-corrected chi connectivity index (χ3v) is 2.59. The molecule has 2 nitrogen and oxygen atoms in total. The molecule has 0 aliphatic carbocycles. The van der Waals surface area contributed by atoms with Crippen LogP contribution in [-0.2, 0) is 6.42 Å². The molecule has 0 bridgehead atoms. The van der Waals surface area contributed by atoms with Gasteiger partial charge in [0.1, 0.15) is 5.75 Å². The van der Waals surface area contributed by atoms with E-state index in [4.69, 9.17) is 4.74 Å². The summed E-state index contributed by atoms with van der Waals surface area (Å²) in [5, 5.41) is 2.59. The Balaban J connectivity index is 2.10. The molecule has 0 atom stereocenters. The van der Waals surface area contributed by atoms with Crippen molar-refractivity contribution < 1.29 is 4.74 Å². The molecule has 0 fully saturated rings. The van der Waals surface area contributed by atoms with Crippen LogP contribution < -0.4 is 4.74 Å². The van der Waals surface area contributed by atoms with Gasteiger partial charge in [0, 0.05) is 11.6 Å². The molecule has 0 N–H and O–H groups in total. The Morgan fingerprint density at radius 3 is 2.64 bits per heavy atom. The highest BCUT2D eigenvalue weighted by Crippen LogP contribution is 2.23. The Labute approximate surface area is 87.2 Å². The lowest BCUT2D eigenvalue weighted by molar-refractivity contribution is 0.478. The Kier molecular flexibility index (Phi) is 2.79. The molecule has 0 amide bonds. The summed E-state index contributed by atoms with van der Waals surface area (Å²) in [7, 11) is 0. The molecule has 14 heavy (non-hydrogen) atoms. The van der Waals surface area contributed by atoms with Gasteiger partial charge in [-0.2, -0.15) is 0 Å². The molecule has 0 radical (unpaired) electrons. The fraction of sp³-hybridized carbons (Fsp3) is 0.182. The number of ether oxygens (including phenoxy) is 1. The van der Waals surface area contributed by atoms with Crippen LogP contribution in [0.5, 0.6) is 10.9 Å². The SMILES string of the molecule is CCc1ccc(Oc2nccs2)cc1. The lowest BCUT2D eigenvalue weighted by Crippen LogP contribution is -1.84. The first kappa shape index (κ1) is 9.21. The minimum Gasteiger partial charge on any atom is -0.431 e. The van der Waals surface area contributed by atoms with Crippen molar-refractivity contribution in [2.24, 2.45) is 0 Å². The maximum absolute atomic E-state index is 5.53. The molecule has 0 aliphatic heterocycles. The molecule has 0 saturated carbocycles. The van der Waals surface area contributed by atoms with Gasteiger partial charge in [-0.05, 0) is 24.1 Å². The highest BCUT2D eigenvalue weighted by Gasteiger charge is 1.98. The first-order valence-electron chi connectivity index (χ1n) is 4.55. The van der Waals surface area contributed by atoms with Crippen LogP contribution in [0.25, 0.3) is 0 Å². The molecule has 3 heteroatoms. The molecule has 0 aliphatic rings. The van der Waals surface area contributed by atoms with Gasteiger partial charge < -0.3 is 4.74 Å². The zero-order chi connectivity index (χ0) is 9.80. The minimum absolute atomic E-state index is 0.689. The van der Waals surface area contributed by atoms with Gasteiger partial charge in [-0.3, -0.25) is 0 Å². The summed E-state index contributed by atoms with van der Waals surface area (Å²) in [5.41, 5.74) is 1.32. The van der Waals surface area contributed by atoms with Gasteiger partial charge in [-0.25, -0.2) is 4.98 Å². The predicted molar refractivity (Wildman–Crippen MR) is 58.0 cm³/mol. The lowest BCUT2D eigenvalue weighted by Gasteiger charge is -2.01. The summed E-state index contributed by atoms with van der Waals surface area (Å²) in [6.07, 6.45) is 2.79. The minimum atomic E-state index is 0.689. The smallest absolute Gasteiger partial charge is 0.278 e. The highest BCUT2D eigenvalue weighted by molar-refractivity contribution is 7.11. The average molecular weight is 205 g/mol. The second-order valence-corrected chi connectivity index (χ2v) is 3.75. The van der Waals surface area contributed by atoms with Crippen LogP contribution in [0.3, 0.4) is 0 Å². The van der Waals surface area contributed by atoms with Crippen molar-refractivity contribution in [3.63, 3.8) is 0 Å². The molecular formula is C11H11NOS. The summed E-state index contributed by atoms with van der Waals surface area (Å²) in [4.78, 5) is 4.05. The van der Waals surface area contributed by atoms with E-state index in [-0.39, 0.29) is 0 Å². The Bertz CT molecular complexity index is 380. The molecule has 1 heterocycles. The Morgan fingerprint density at radius 2 is 2.07 bits per heavy atom. The van der Waals surface area contributed by atoms with Crippen LogP contribution in [0.1, 0.15) is 12.5 Å². The number of hydrogen-bond acceptors (Lipinski definition) is 3. The van der Waals surface area contributed by atoms with E-state index in [2.05, 4.69) is 24.0 Å². The van der Waals surface area contributed by atoms with Crippen molar-refractivity contribution in [3.05, 3.63) is 41.4 Å². The quantitative estimate of drug-likeness (QED) is 0.765. The van der Waals surface area contributed by atoms with E-state index < -0.39 is 0 Å². The van der Waals surface area contributed by atoms with Gasteiger partial charge in [-0.15, -0.1) is 0 Å². The van der Waals surface area contributed by atoms with Crippen molar-refractivity contribution in [1.82, 2.24) is 4.98 Å². The van der Waals surface area contributed by atoms with Gasteiger partial charge >= 0.3 is 0 Å². The van der Waals surface area contributed by atoms with Gasteiger partial charge in [-0.1, -0.05) is 30.4 Å². The third-order valence-electron chi connectivity index (χ3n) is 1.95. The monoisotopic (exact) mass is 205 g/mol. The van der Waals surface area contributed by atoms with E-state index in [1.165, 1.54) is 16.9 Å². The molecule has 72 valence electrons. The summed E-state index contributed by atoms with van der Waals surface area (Å²) in [6, 6.07) is 8.09. The summed E-state index contributed by atoms with van der Waals surface area (Å²) in [5.74, 6) is 0.845. The molecule has 0 unspecified atom stereocenters. The molecular weight excluding hydrogens is 194 g/mol. The number of rotatable bonds is 3. The first-order valence-corrected chi connectivity index (χ1v) is 5.42. The van der Waals surface area contributed by atoms with E-state index in [0.29, 0.717) is 5.19 Å². The topological polar surface area (TPSA) is 22.1 Å². The van der Waals surface area contributed by atoms with Gasteiger partial charge in [0.15, 0.2) is 0 Å². The summed E-state index contributed by atoms with van der Waals surface area (Å²) >= 11 is 1.49. The fourth-order valence-electron chi connectivity index (χ4n) is 1.15. The van der Waals surface area contributed by atoms with E-state index in [0.717, 1.165) is 12.2 Å². The van der Waals surface area contributed by atoms with E-state index in [1.54, 1.807) is 6.20 Å². The van der Waals surface area contributed by atoms with Crippen LogP contribution in [0.2, 0.25) is 0 Å². The van der Waals surface area contributed by atoms with Crippen molar-refractivity contribution >= 4 is 11.3 Å². The van der Waals surface area contributed by atoms with E-state index in [9.17, 15) is 0 Å². The largest absolute Gasteiger partial charge is 0.431 e. The second kappa shape index (κ2) is 4.24. The molecule has 2 rings (SSSR count). The second-order valence-electron chi connectivity index (χ2n) is 2.90. The Hall–Kier alpha value is -1.35. The van der Waals surface area contributed by atoms with Crippen LogP contribution >= 0.6 is 11.3 Å². The maximum atomic E-state index is 5.53. The van der Waals surface area contributed by atoms with Crippen LogP contribution in [0, 0.1) is 0 Å². The van der Waals surface area contributed by atoms with Gasteiger partial charge in [0.05, 0.1) is 0 Å². The number of aryl methyl sites for hydroxylation is 1. The zero-order valence-electron chi connectivity index (χ0n) is 7.93. The van der Waals surface area contributed by atoms with Crippen LogP contribution in [0.15, 0.2) is 35.8 Å². The normalized spacial score (nSPS) is 10.1. The Morgan fingerprint density at radius 1 is 1.29 bits per heavy atom. The third kappa shape index (κ3) is 2.12. The van der Waals surface area contributed by atoms with E-state index >= 15 is 0 Å². The number of benzene rings is 1. The standard InChI is InChI=1S/C11H11NOS/c1-2-9-3-5-10(6-4-9)13-11-12-7-8-14-11/h3-8H,2H2,1H3. The summed E-state index contributed by atoms with van der Waals surface area (Å²) < 4.78 is 5.53. The van der Waals surface area contributed by atoms with Crippen LogP contribution in [-0.4, -0.2) is 4.98 Å². The molecule has 0 saturated heterocycles. The molecule has 0 spiro atoms. The number of aromatic nitrogens is 1. The summed E-state index contributed by atoms with van der Waals surface area (Å²) in [6.45, 7) is 2.14. The highest BCUT2D eigenvalue weighted by atomic mass is 32.1. The molecule has 1 aromatic carbocycles. The fourth-order valence-corrected chi connectivity index (χ4v) is 1.66. The maximum Gasteiger partial charge on any atom is 0.278 e. The van der Waals surface area contributed by atoms with Crippen molar-refractivity contribution in [1.29, 1.82) is 0 Å². The van der Waals surface area contributed by atoms with Crippen molar-refractivity contribution in [2.75, 3.05) is 0 Å². The number of hydrogen-bond donors (Lipinski definition) is 0. The van der Waals surface area contributed by atoms with Crippen LogP contribution in [0.4, 0.5) is 0 Å². The van der Waals surface area contributed by atoms with Gasteiger partial charge in [0.25, 0.3) is 5.19 Å². The molecule has 1 aromatic heterocycles. The number of thiazole rings is 1. The first-order chi connectivity index (χ1) is 6.88. The average Bonchev–Trinajstić information content (AvgIpc) is 2.72. The zero-order valence-corrected chi connectivity index (χ0v) is 8.75. The van der Waals surface area contributed by atoms with Crippen molar-refractivity contribution in [2.45, 2.75) is 13.3 Å². The van der Waals surface area contributed by atoms with Crippen molar-refractivity contribution in [3.8, 4) is 10.9 Å². The lowest BCUT2D eigenvalue weighted by atomic mass is 10.2. The molecule has 2 aromatic rings. The number of nitrogens with zero attached hydrogens (tertiary/aromatic N) is 1. The van der Waals surface area contributed by atoms with E-state index in [1.807, 2.05) is 17.5 Å². The van der Waals surface area contributed by atoms with Gasteiger partial charge in [0.2, 0.25) is 0 Å².